The molecule has 0 aliphatic carbocycles. The highest BCUT2D eigenvalue weighted by Crippen LogP contribution is 2.19. The summed E-state index contributed by atoms with van der Waals surface area (Å²) >= 11 is 0. The van der Waals surface area contributed by atoms with Crippen LogP contribution >= 0.6 is 0 Å². The molecular formula is C14H22. The smallest absolute Gasteiger partial charge is 0.0279 e. The van der Waals surface area contributed by atoms with E-state index >= 15 is 0 Å². The molecule has 0 atom stereocenters. The van der Waals surface area contributed by atoms with E-state index < -0.39 is 0 Å². The van der Waals surface area contributed by atoms with Crippen molar-refractivity contribution in [2.45, 2.75) is 53.4 Å². The van der Waals surface area contributed by atoms with Crippen molar-refractivity contribution in [1.82, 2.24) is 0 Å². The van der Waals surface area contributed by atoms with Gasteiger partial charge in [0.15, 0.2) is 0 Å². The Labute approximate surface area is 88.4 Å². The SMILES string of the molecule is CCCc1cc(C)c(CC)cc1CC. The molecule has 0 unspecified atom stereocenters. The van der Waals surface area contributed by atoms with Crippen molar-refractivity contribution in [3.05, 3.63) is 34.4 Å². The van der Waals surface area contributed by atoms with Gasteiger partial charge in [0.2, 0.25) is 0 Å². The van der Waals surface area contributed by atoms with Gasteiger partial charge in [-0.15, -0.1) is 0 Å². The van der Waals surface area contributed by atoms with Crippen LogP contribution in [-0.2, 0) is 19.3 Å². The van der Waals surface area contributed by atoms with E-state index in [0.717, 1.165) is 6.42 Å². The van der Waals surface area contributed by atoms with Crippen LogP contribution in [0.2, 0.25) is 0 Å². The molecule has 0 saturated carbocycles. The van der Waals surface area contributed by atoms with Gasteiger partial charge in [0.25, 0.3) is 0 Å². The molecule has 0 N–H and O–H groups in total. The van der Waals surface area contributed by atoms with Crippen LogP contribution in [0.25, 0.3) is 0 Å². The van der Waals surface area contributed by atoms with Gasteiger partial charge in [0, 0.05) is 0 Å². The molecule has 0 radical (unpaired) electrons. The standard InChI is InChI=1S/C14H22/c1-5-8-14-9-11(4)12(6-2)10-13(14)7-3/h9-10H,5-8H2,1-4H3. The van der Waals surface area contributed by atoms with E-state index in [1.165, 1.54) is 30.4 Å². The summed E-state index contributed by atoms with van der Waals surface area (Å²) in [5, 5.41) is 0. The molecule has 0 heterocycles. The van der Waals surface area contributed by atoms with Crippen LogP contribution in [0.1, 0.15) is 49.4 Å². The van der Waals surface area contributed by atoms with Crippen LogP contribution in [0.4, 0.5) is 0 Å². The molecule has 0 spiro atoms. The Bertz CT molecular complexity index is 297. The predicted molar refractivity (Wildman–Crippen MR) is 63.9 cm³/mol. The lowest BCUT2D eigenvalue weighted by atomic mass is 9.94. The number of hydrogen-bond acceptors (Lipinski definition) is 0. The van der Waals surface area contributed by atoms with Crippen LogP contribution in [-0.4, -0.2) is 0 Å². The zero-order chi connectivity index (χ0) is 10.6. The summed E-state index contributed by atoms with van der Waals surface area (Å²) in [6, 6.07) is 4.79. The molecule has 78 valence electrons. The van der Waals surface area contributed by atoms with Gasteiger partial charge in [-0.25, -0.2) is 0 Å². The largest absolute Gasteiger partial charge is 0.0651 e. The first-order valence-corrected chi connectivity index (χ1v) is 5.84. The maximum atomic E-state index is 2.40. The van der Waals surface area contributed by atoms with E-state index in [1.807, 2.05) is 0 Å². The molecule has 0 aromatic heterocycles. The molecule has 0 amide bonds. The second-order valence-corrected chi connectivity index (χ2v) is 4.00. The van der Waals surface area contributed by atoms with Crippen LogP contribution in [0.3, 0.4) is 0 Å². The highest BCUT2D eigenvalue weighted by atomic mass is 14.1. The highest BCUT2D eigenvalue weighted by Gasteiger charge is 2.04. The van der Waals surface area contributed by atoms with Crippen molar-refractivity contribution in [3.8, 4) is 0 Å². The second-order valence-electron chi connectivity index (χ2n) is 4.00. The molecule has 0 bridgehead atoms. The molecule has 0 heteroatoms. The average Bonchev–Trinajstić information content (AvgIpc) is 2.19. The molecular weight excluding hydrogens is 168 g/mol. The highest BCUT2D eigenvalue weighted by molar-refractivity contribution is 5.38. The third-order valence-corrected chi connectivity index (χ3v) is 2.94. The minimum Gasteiger partial charge on any atom is -0.0651 e. The van der Waals surface area contributed by atoms with Gasteiger partial charge in [0.1, 0.15) is 0 Å². The monoisotopic (exact) mass is 190 g/mol. The quantitative estimate of drug-likeness (QED) is 0.671. The first-order chi connectivity index (χ1) is 6.72. The Morgan fingerprint density at radius 3 is 2.00 bits per heavy atom. The Hall–Kier alpha value is -0.780. The summed E-state index contributed by atoms with van der Waals surface area (Å²) in [4.78, 5) is 0. The maximum Gasteiger partial charge on any atom is -0.0279 e. The van der Waals surface area contributed by atoms with E-state index in [4.69, 9.17) is 0 Å². The maximum absolute atomic E-state index is 2.40. The summed E-state index contributed by atoms with van der Waals surface area (Å²) in [5.41, 5.74) is 6.09. The van der Waals surface area contributed by atoms with E-state index in [2.05, 4.69) is 39.8 Å². The van der Waals surface area contributed by atoms with Crippen molar-refractivity contribution in [2.24, 2.45) is 0 Å². The first-order valence-electron chi connectivity index (χ1n) is 5.84. The summed E-state index contributed by atoms with van der Waals surface area (Å²) in [6.07, 6.45) is 4.81. The Balaban J connectivity index is 3.10. The summed E-state index contributed by atoms with van der Waals surface area (Å²) in [7, 11) is 0. The Morgan fingerprint density at radius 2 is 1.50 bits per heavy atom. The van der Waals surface area contributed by atoms with Crippen molar-refractivity contribution in [2.75, 3.05) is 0 Å². The lowest BCUT2D eigenvalue weighted by Crippen LogP contribution is -1.97. The molecule has 0 nitrogen and oxygen atoms in total. The third kappa shape index (κ3) is 2.37. The summed E-state index contributed by atoms with van der Waals surface area (Å²) < 4.78 is 0. The van der Waals surface area contributed by atoms with Gasteiger partial charge in [-0.05, 0) is 48.4 Å². The zero-order valence-corrected chi connectivity index (χ0v) is 9.98. The number of benzene rings is 1. The normalized spacial score (nSPS) is 10.6. The van der Waals surface area contributed by atoms with E-state index in [9.17, 15) is 0 Å². The topological polar surface area (TPSA) is 0 Å². The Kier molecular flexibility index (Phi) is 4.19. The molecule has 0 saturated heterocycles. The third-order valence-electron chi connectivity index (χ3n) is 2.94. The lowest BCUT2D eigenvalue weighted by molar-refractivity contribution is 0.892. The van der Waals surface area contributed by atoms with E-state index in [-0.39, 0.29) is 0 Å². The Morgan fingerprint density at radius 1 is 0.857 bits per heavy atom. The predicted octanol–water partition coefficient (Wildman–Crippen LogP) is 4.07. The van der Waals surface area contributed by atoms with Crippen molar-refractivity contribution in [3.63, 3.8) is 0 Å². The van der Waals surface area contributed by atoms with Crippen molar-refractivity contribution < 1.29 is 0 Å². The first kappa shape index (κ1) is 11.3. The summed E-state index contributed by atoms with van der Waals surface area (Å²) in [5.74, 6) is 0. The van der Waals surface area contributed by atoms with Gasteiger partial charge in [-0.1, -0.05) is 39.3 Å². The second kappa shape index (κ2) is 5.19. The van der Waals surface area contributed by atoms with E-state index in [0.29, 0.717) is 0 Å². The van der Waals surface area contributed by atoms with Gasteiger partial charge in [0.05, 0.1) is 0 Å². The van der Waals surface area contributed by atoms with E-state index in [1.54, 1.807) is 11.1 Å². The van der Waals surface area contributed by atoms with Crippen LogP contribution < -0.4 is 0 Å². The molecule has 0 aliphatic rings. The van der Waals surface area contributed by atoms with Gasteiger partial charge in [-0.3, -0.25) is 0 Å². The molecule has 14 heavy (non-hydrogen) atoms. The molecule has 1 aromatic rings. The van der Waals surface area contributed by atoms with Crippen molar-refractivity contribution in [1.29, 1.82) is 0 Å². The minimum absolute atomic E-state index is 1.16. The molecule has 1 rings (SSSR count). The number of hydrogen-bond donors (Lipinski definition) is 0. The van der Waals surface area contributed by atoms with Crippen LogP contribution in [0.5, 0.6) is 0 Å². The van der Waals surface area contributed by atoms with Gasteiger partial charge >= 0.3 is 0 Å². The molecule has 0 aliphatic heterocycles. The van der Waals surface area contributed by atoms with Crippen LogP contribution in [0.15, 0.2) is 12.1 Å². The minimum atomic E-state index is 1.16. The lowest BCUT2D eigenvalue weighted by Gasteiger charge is -2.12. The average molecular weight is 190 g/mol. The van der Waals surface area contributed by atoms with Crippen molar-refractivity contribution >= 4 is 0 Å². The molecule has 1 aromatic carbocycles. The number of rotatable bonds is 4. The zero-order valence-electron chi connectivity index (χ0n) is 9.98. The van der Waals surface area contributed by atoms with Gasteiger partial charge < -0.3 is 0 Å². The fourth-order valence-electron chi connectivity index (χ4n) is 2.08. The number of aryl methyl sites for hydroxylation is 4. The van der Waals surface area contributed by atoms with Gasteiger partial charge in [-0.2, -0.15) is 0 Å². The fourth-order valence-corrected chi connectivity index (χ4v) is 2.08. The molecule has 0 fully saturated rings. The fraction of sp³-hybridized carbons (Fsp3) is 0.571. The van der Waals surface area contributed by atoms with Crippen LogP contribution in [0, 0.1) is 6.92 Å². The summed E-state index contributed by atoms with van der Waals surface area (Å²) in [6.45, 7) is 8.98.